The first-order valence-corrected chi connectivity index (χ1v) is 3.65. The summed E-state index contributed by atoms with van der Waals surface area (Å²) in [5.74, 6) is 0. The van der Waals surface area contributed by atoms with Gasteiger partial charge in [0.05, 0.1) is 0 Å². The lowest BCUT2D eigenvalue weighted by Gasteiger charge is -1.95. The molecule has 1 heteroatoms. The molecule has 1 radical (unpaired) electrons. The monoisotopic (exact) mass is 143 g/mol. The van der Waals surface area contributed by atoms with E-state index < -0.39 is 0 Å². The standard InChI is InChI=1S/C10H9N/c1-2-6-10(7-3-1)11-8-4-5-9-11/h1-9H/q+1. The zero-order valence-corrected chi connectivity index (χ0v) is 6.14. The minimum absolute atomic E-state index is 1.21. The summed E-state index contributed by atoms with van der Waals surface area (Å²) in [5.41, 5.74) is 1.21. The van der Waals surface area contributed by atoms with Crippen molar-refractivity contribution in [3.63, 3.8) is 0 Å². The Morgan fingerprint density at radius 2 is 1.45 bits per heavy atom. The average molecular weight is 143 g/mol. The van der Waals surface area contributed by atoms with E-state index >= 15 is 0 Å². The number of para-hydroxylation sites is 1. The third kappa shape index (κ3) is 1.23. The molecular weight excluding hydrogens is 134 g/mol. The molecule has 1 heterocycles. The van der Waals surface area contributed by atoms with Crippen LogP contribution in [0.3, 0.4) is 0 Å². The molecule has 0 aliphatic carbocycles. The van der Waals surface area contributed by atoms with Crippen molar-refractivity contribution in [2.45, 2.75) is 0 Å². The highest BCUT2D eigenvalue weighted by Gasteiger charge is 2.13. The van der Waals surface area contributed by atoms with Crippen LogP contribution in [0, 0.1) is 0 Å². The Hall–Kier alpha value is -1.34. The van der Waals surface area contributed by atoms with E-state index in [0.29, 0.717) is 0 Å². The highest BCUT2D eigenvalue weighted by atomic mass is 15.1. The molecule has 1 nitrogen and oxygen atoms in total. The molecule has 0 N–H and O–H groups in total. The molecule has 1 aliphatic heterocycles. The predicted molar refractivity (Wildman–Crippen MR) is 46.5 cm³/mol. The van der Waals surface area contributed by atoms with Crippen LogP contribution in [0.25, 0.3) is 0 Å². The second-order valence-corrected chi connectivity index (χ2v) is 2.43. The van der Waals surface area contributed by atoms with Crippen molar-refractivity contribution in [1.82, 2.24) is 4.90 Å². The largest absolute Gasteiger partial charge is 0.191 e. The Balaban J connectivity index is 2.30. The summed E-state index contributed by atoms with van der Waals surface area (Å²) in [4.78, 5) is 2.08. The number of rotatable bonds is 1. The number of benzene rings is 1. The fourth-order valence-electron chi connectivity index (χ4n) is 1.11. The molecule has 0 saturated carbocycles. The fourth-order valence-corrected chi connectivity index (χ4v) is 1.11. The van der Waals surface area contributed by atoms with Gasteiger partial charge in [-0.25, -0.2) is 0 Å². The van der Waals surface area contributed by atoms with E-state index in [4.69, 9.17) is 0 Å². The summed E-state index contributed by atoms with van der Waals surface area (Å²) < 4.78 is 0. The van der Waals surface area contributed by atoms with E-state index in [-0.39, 0.29) is 0 Å². The van der Waals surface area contributed by atoms with Crippen molar-refractivity contribution in [2.75, 3.05) is 0 Å². The molecule has 0 atom stereocenters. The maximum absolute atomic E-state index is 2.08. The summed E-state index contributed by atoms with van der Waals surface area (Å²) in [6, 6.07) is 10.3. The van der Waals surface area contributed by atoms with E-state index in [1.807, 2.05) is 42.8 Å². The molecule has 0 bridgehead atoms. The maximum Gasteiger partial charge on any atom is 0.191 e. The van der Waals surface area contributed by atoms with Crippen LogP contribution in [0.5, 0.6) is 0 Å². The van der Waals surface area contributed by atoms with Crippen LogP contribution in [-0.2, 0) is 0 Å². The van der Waals surface area contributed by atoms with E-state index in [2.05, 4.69) is 17.0 Å². The maximum atomic E-state index is 2.08. The van der Waals surface area contributed by atoms with Gasteiger partial charge in [0.2, 0.25) is 0 Å². The van der Waals surface area contributed by atoms with Crippen LogP contribution in [0.15, 0.2) is 54.9 Å². The van der Waals surface area contributed by atoms with Gasteiger partial charge in [-0.2, -0.15) is 0 Å². The van der Waals surface area contributed by atoms with Crippen LogP contribution in [-0.4, -0.2) is 0 Å². The van der Waals surface area contributed by atoms with Crippen LogP contribution >= 0.6 is 0 Å². The molecule has 0 fully saturated rings. The van der Waals surface area contributed by atoms with Gasteiger partial charge in [-0.3, -0.25) is 0 Å². The van der Waals surface area contributed by atoms with Gasteiger partial charge in [-0.05, 0) is 0 Å². The van der Waals surface area contributed by atoms with Crippen molar-refractivity contribution in [1.29, 1.82) is 0 Å². The second-order valence-electron chi connectivity index (χ2n) is 2.43. The Labute approximate surface area is 66.3 Å². The predicted octanol–water partition coefficient (Wildman–Crippen LogP) is 2.50. The van der Waals surface area contributed by atoms with Gasteiger partial charge in [0.1, 0.15) is 0 Å². The lowest BCUT2D eigenvalue weighted by molar-refractivity contribution is 0.921. The number of anilines is 1. The molecular formula is C10H9N+. The van der Waals surface area contributed by atoms with Gasteiger partial charge in [0.15, 0.2) is 18.1 Å². The van der Waals surface area contributed by atoms with Gasteiger partial charge < -0.3 is 0 Å². The SMILES string of the molecule is C1=C[N+](c2ccccc2)C=C1. The van der Waals surface area contributed by atoms with E-state index in [0.717, 1.165) is 0 Å². The van der Waals surface area contributed by atoms with Crippen molar-refractivity contribution in [2.24, 2.45) is 0 Å². The van der Waals surface area contributed by atoms with Gasteiger partial charge in [0, 0.05) is 24.3 Å². The average Bonchev–Trinajstić information content (AvgIpc) is 2.58. The third-order valence-electron chi connectivity index (χ3n) is 1.66. The number of allylic oxidation sites excluding steroid dienone is 2. The normalized spacial score (nSPS) is 16.0. The first kappa shape index (κ1) is 6.38. The van der Waals surface area contributed by atoms with E-state index in [1.165, 1.54) is 5.69 Å². The van der Waals surface area contributed by atoms with Gasteiger partial charge >= 0.3 is 0 Å². The molecule has 0 unspecified atom stereocenters. The minimum Gasteiger partial charge on any atom is -0.0728 e. The van der Waals surface area contributed by atoms with Crippen molar-refractivity contribution >= 4 is 5.69 Å². The lowest BCUT2D eigenvalue weighted by Crippen LogP contribution is -2.04. The van der Waals surface area contributed by atoms with Gasteiger partial charge in [0.25, 0.3) is 0 Å². The molecule has 0 aromatic heterocycles. The minimum atomic E-state index is 1.21. The molecule has 1 aliphatic rings. The van der Waals surface area contributed by atoms with Crippen LogP contribution in [0.1, 0.15) is 0 Å². The molecule has 2 rings (SSSR count). The molecule has 1 aromatic rings. The third-order valence-corrected chi connectivity index (χ3v) is 1.66. The quantitative estimate of drug-likeness (QED) is 0.533. The van der Waals surface area contributed by atoms with Crippen molar-refractivity contribution in [3.05, 3.63) is 54.9 Å². The molecule has 0 spiro atoms. The first-order valence-electron chi connectivity index (χ1n) is 3.65. The lowest BCUT2D eigenvalue weighted by atomic mass is 10.3. The summed E-state index contributed by atoms with van der Waals surface area (Å²) in [6.07, 6.45) is 8.12. The molecule has 0 saturated heterocycles. The number of nitrogens with zero attached hydrogens (tertiary/aromatic N) is 1. The van der Waals surface area contributed by atoms with Gasteiger partial charge in [-0.15, -0.1) is 0 Å². The smallest absolute Gasteiger partial charge is 0.0728 e. The van der Waals surface area contributed by atoms with Crippen LogP contribution in [0.2, 0.25) is 0 Å². The summed E-state index contributed by atoms with van der Waals surface area (Å²) in [7, 11) is 0. The number of hydrogen-bond donors (Lipinski definition) is 0. The molecule has 0 amide bonds. The summed E-state index contributed by atoms with van der Waals surface area (Å²) in [5, 5.41) is 0. The zero-order chi connectivity index (χ0) is 7.52. The van der Waals surface area contributed by atoms with E-state index in [9.17, 15) is 0 Å². The first-order chi connectivity index (χ1) is 5.47. The van der Waals surface area contributed by atoms with Crippen LogP contribution in [0.4, 0.5) is 5.69 Å². The second kappa shape index (κ2) is 2.72. The molecule has 11 heavy (non-hydrogen) atoms. The van der Waals surface area contributed by atoms with Crippen LogP contribution < -0.4 is 4.90 Å². The van der Waals surface area contributed by atoms with Crippen molar-refractivity contribution < 1.29 is 0 Å². The zero-order valence-electron chi connectivity index (χ0n) is 6.14. The highest BCUT2D eigenvalue weighted by Crippen LogP contribution is 2.15. The Kier molecular flexibility index (Phi) is 1.58. The Morgan fingerprint density at radius 1 is 0.818 bits per heavy atom. The Bertz CT molecular complexity index is 273. The molecule has 1 aromatic carbocycles. The highest BCUT2D eigenvalue weighted by molar-refractivity contribution is 5.44. The topological polar surface area (TPSA) is 5.90 Å². The summed E-state index contributed by atoms with van der Waals surface area (Å²) in [6.45, 7) is 0. The molecule has 53 valence electrons. The Morgan fingerprint density at radius 3 is 2.09 bits per heavy atom. The fraction of sp³-hybridized carbons (Fsp3) is 0. The van der Waals surface area contributed by atoms with Gasteiger partial charge in [-0.1, -0.05) is 23.1 Å². The van der Waals surface area contributed by atoms with E-state index in [1.54, 1.807) is 0 Å². The number of hydrogen-bond acceptors (Lipinski definition) is 1. The van der Waals surface area contributed by atoms with Crippen molar-refractivity contribution in [3.8, 4) is 0 Å². The summed E-state index contributed by atoms with van der Waals surface area (Å²) >= 11 is 0.